The van der Waals surface area contributed by atoms with Gasteiger partial charge in [-0.05, 0) is 64.3 Å². The second-order valence-corrected chi connectivity index (χ2v) is 11.6. The summed E-state index contributed by atoms with van der Waals surface area (Å²) in [6.07, 6.45) is 3.03. The number of halogens is 1. The fourth-order valence-electron chi connectivity index (χ4n) is 4.45. The van der Waals surface area contributed by atoms with E-state index in [9.17, 15) is 14.4 Å². The molecule has 2 aliphatic rings. The van der Waals surface area contributed by atoms with E-state index in [2.05, 4.69) is 31.5 Å². The van der Waals surface area contributed by atoms with Crippen LogP contribution >= 0.6 is 27.3 Å². The molecule has 0 aliphatic carbocycles. The lowest BCUT2D eigenvalue weighted by atomic mass is 10.1. The first kappa shape index (κ1) is 24.5. The summed E-state index contributed by atoms with van der Waals surface area (Å²) in [5.41, 5.74) is 1.14. The molecule has 1 fully saturated rings. The Morgan fingerprint density at radius 3 is 2.81 bits per heavy atom. The molecule has 4 heterocycles. The monoisotopic (exact) mass is 571 g/mol. The molecular weight excluding hydrogens is 546 g/mol. The topological polar surface area (TPSA) is 104 Å². The number of piperidine rings is 1. The molecule has 1 atom stereocenters. The number of amides is 4. The molecule has 0 saturated carbocycles. The number of nitrogens with one attached hydrogen (secondary N) is 2. The smallest absolute Gasteiger partial charge is 0.411 e. The molecule has 2 N–H and O–H groups in total. The number of aromatic nitrogens is 1. The first-order chi connectivity index (χ1) is 17.1. The van der Waals surface area contributed by atoms with Crippen molar-refractivity contribution in [3.63, 3.8) is 0 Å². The lowest BCUT2D eigenvalue weighted by molar-refractivity contribution is 0.00606. The van der Waals surface area contributed by atoms with Crippen molar-refractivity contribution in [1.29, 1.82) is 0 Å². The molecule has 4 amide bonds. The van der Waals surface area contributed by atoms with Crippen LogP contribution in [0.3, 0.4) is 0 Å². The Labute approximate surface area is 220 Å². The third-order valence-corrected chi connectivity index (χ3v) is 7.54. The second-order valence-electron chi connectivity index (χ2n) is 9.72. The van der Waals surface area contributed by atoms with Gasteiger partial charge in [-0.25, -0.2) is 14.6 Å². The Morgan fingerprint density at radius 2 is 2.06 bits per heavy atom. The van der Waals surface area contributed by atoms with Crippen molar-refractivity contribution in [1.82, 2.24) is 15.2 Å². The fraction of sp³-hybridized carbons (Fsp3) is 0.360. The third-order valence-electron chi connectivity index (χ3n) is 5.95. The molecular formula is C25H26BrN5O4S. The van der Waals surface area contributed by atoms with E-state index in [1.807, 2.05) is 45.0 Å². The van der Waals surface area contributed by atoms with Crippen LogP contribution in [0, 0.1) is 0 Å². The lowest BCUT2D eigenvalue weighted by Crippen LogP contribution is -2.54. The molecule has 2 aromatic heterocycles. The number of rotatable bonds is 3. The predicted molar refractivity (Wildman–Crippen MR) is 143 cm³/mol. The normalized spacial score (nSPS) is 17.7. The van der Waals surface area contributed by atoms with Crippen LogP contribution in [0.25, 0.3) is 10.2 Å². The molecule has 2 aliphatic heterocycles. The molecule has 9 nitrogen and oxygen atoms in total. The molecule has 1 unspecified atom stereocenters. The van der Waals surface area contributed by atoms with Crippen LogP contribution in [0.1, 0.15) is 49.7 Å². The minimum absolute atomic E-state index is 0.349. The first-order valence-corrected chi connectivity index (χ1v) is 13.3. The van der Waals surface area contributed by atoms with E-state index in [0.29, 0.717) is 45.1 Å². The van der Waals surface area contributed by atoms with E-state index >= 15 is 0 Å². The summed E-state index contributed by atoms with van der Waals surface area (Å²) in [7, 11) is 0. The highest BCUT2D eigenvalue weighted by Crippen LogP contribution is 2.45. The molecule has 0 bridgehead atoms. The molecule has 0 spiro atoms. The van der Waals surface area contributed by atoms with Gasteiger partial charge in [-0.2, -0.15) is 0 Å². The van der Waals surface area contributed by atoms with Crippen molar-refractivity contribution in [2.75, 3.05) is 16.8 Å². The van der Waals surface area contributed by atoms with E-state index in [0.717, 1.165) is 17.3 Å². The summed E-state index contributed by atoms with van der Waals surface area (Å²) >= 11 is 4.67. The number of likely N-dealkylation sites (tertiary alicyclic amines) is 1. The summed E-state index contributed by atoms with van der Waals surface area (Å²) in [6.45, 7) is 5.95. The summed E-state index contributed by atoms with van der Waals surface area (Å²) < 4.78 is 6.40. The Balaban J connectivity index is 1.47. The summed E-state index contributed by atoms with van der Waals surface area (Å²) in [5.74, 6) is -0.365. The Kier molecular flexibility index (Phi) is 6.37. The molecule has 11 heteroatoms. The van der Waals surface area contributed by atoms with E-state index in [1.54, 1.807) is 22.1 Å². The fourth-order valence-corrected chi connectivity index (χ4v) is 5.86. The zero-order valence-electron chi connectivity index (χ0n) is 20.1. The maximum atomic E-state index is 13.5. The summed E-state index contributed by atoms with van der Waals surface area (Å²) in [5, 5.41) is 6.60. The maximum absolute atomic E-state index is 13.5. The Morgan fingerprint density at radius 1 is 1.25 bits per heavy atom. The number of anilines is 3. The number of nitrogens with zero attached hydrogens (tertiary/aromatic N) is 3. The zero-order chi connectivity index (χ0) is 25.6. The van der Waals surface area contributed by atoms with Gasteiger partial charge in [0.05, 0.1) is 22.4 Å². The Hall–Kier alpha value is -3.18. The number of benzene rings is 1. The molecule has 1 saturated heterocycles. The Bertz CT molecular complexity index is 1370. The van der Waals surface area contributed by atoms with Crippen molar-refractivity contribution in [3.8, 4) is 0 Å². The molecule has 3 aromatic rings. The highest BCUT2D eigenvalue weighted by molar-refractivity contribution is 9.10. The largest absolute Gasteiger partial charge is 0.444 e. The molecule has 188 valence electrons. The SMILES string of the molecule is CC(C)(C)OC(=O)N1CCCCC1NC(=O)c1sc2nccc3c2c1NC(=O)N3c1cccc(Br)c1. The van der Waals surface area contributed by atoms with Gasteiger partial charge in [-0.1, -0.05) is 22.0 Å². The minimum Gasteiger partial charge on any atom is -0.444 e. The average Bonchev–Trinajstić information content (AvgIpc) is 3.18. The van der Waals surface area contributed by atoms with Gasteiger partial charge in [0, 0.05) is 17.2 Å². The number of thiophene rings is 1. The predicted octanol–water partition coefficient (Wildman–Crippen LogP) is 6.22. The highest BCUT2D eigenvalue weighted by Gasteiger charge is 2.35. The van der Waals surface area contributed by atoms with Crippen LogP contribution in [-0.4, -0.2) is 46.2 Å². The van der Waals surface area contributed by atoms with Gasteiger partial charge in [0.25, 0.3) is 5.91 Å². The van der Waals surface area contributed by atoms with Gasteiger partial charge < -0.3 is 15.4 Å². The van der Waals surface area contributed by atoms with Gasteiger partial charge in [-0.15, -0.1) is 11.3 Å². The number of carbonyl (C=O) groups is 3. The first-order valence-electron chi connectivity index (χ1n) is 11.7. The van der Waals surface area contributed by atoms with Gasteiger partial charge in [0.1, 0.15) is 21.5 Å². The van der Waals surface area contributed by atoms with E-state index in [-0.39, 0.29) is 11.9 Å². The number of pyridine rings is 1. The van der Waals surface area contributed by atoms with E-state index in [1.165, 1.54) is 11.3 Å². The van der Waals surface area contributed by atoms with Crippen LogP contribution in [0.5, 0.6) is 0 Å². The van der Waals surface area contributed by atoms with Crippen molar-refractivity contribution < 1.29 is 19.1 Å². The zero-order valence-corrected chi connectivity index (χ0v) is 22.5. The number of hydrogen-bond acceptors (Lipinski definition) is 6. The number of carbonyl (C=O) groups excluding carboxylic acids is 3. The summed E-state index contributed by atoms with van der Waals surface area (Å²) in [4.78, 5) is 48.1. The van der Waals surface area contributed by atoms with Gasteiger partial charge in [0.15, 0.2) is 0 Å². The van der Waals surface area contributed by atoms with Gasteiger partial charge >= 0.3 is 12.1 Å². The molecule has 5 rings (SSSR count). The van der Waals surface area contributed by atoms with Crippen LogP contribution in [0.4, 0.5) is 26.7 Å². The van der Waals surface area contributed by atoms with Crippen molar-refractivity contribution in [2.45, 2.75) is 51.8 Å². The maximum Gasteiger partial charge on any atom is 0.411 e. The van der Waals surface area contributed by atoms with Crippen molar-refractivity contribution >= 4 is 72.6 Å². The lowest BCUT2D eigenvalue weighted by Gasteiger charge is -2.37. The van der Waals surface area contributed by atoms with Gasteiger partial charge in [-0.3, -0.25) is 14.6 Å². The number of ether oxygens (including phenoxy) is 1. The van der Waals surface area contributed by atoms with E-state index < -0.39 is 17.9 Å². The summed E-state index contributed by atoms with van der Waals surface area (Å²) in [6, 6.07) is 8.84. The third kappa shape index (κ3) is 4.64. The van der Waals surface area contributed by atoms with Crippen LogP contribution in [0.15, 0.2) is 41.0 Å². The van der Waals surface area contributed by atoms with Crippen LogP contribution in [-0.2, 0) is 4.74 Å². The molecule has 1 aromatic carbocycles. The number of urea groups is 1. The van der Waals surface area contributed by atoms with Gasteiger partial charge in [0.2, 0.25) is 0 Å². The quantitative estimate of drug-likeness (QED) is 0.388. The average molecular weight is 572 g/mol. The van der Waals surface area contributed by atoms with Crippen LogP contribution < -0.4 is 15.5 Å². The van der Waals surface area contributed by atoms with Crippen molar-refractivity contribution in [3.05, 3.63) is 45.9 Å². The number of hydrogen-bond donors (Lipinski definition) is 2. The van der Waals surface area contributed by atoms with E-state index in [4.69, 9.17) is 4.74 Å². The second kappa shape index (κ2) is 9.36. The van der Waals surface area contributed by atoms with Crippen molar-refractivity contribution in [2.24, 2.45) is 0 Å². The van der Waals surface area contributed by atoms with Crippen LogP contribution in [0.2, 0.25) is 0 Å². The molecule has 0 radical (unpaired) electrons. The minimum atomic E-state index is -0.634. The highest BCUT2D eigenvalue weighted by atomic mass is 79.9. The standard InChI is InChI=1S/C25H26BrN5O4S/c1-25(2,3)35-24(34)30-12-5-4-9-17(30)28-21(32)20-19-18-16(10-11-27-22(18)36-20)31(23(33)29-19)15-8-6-7-14(26)13-15/h6-8,10-11,13,17H,4-5,9,12H2,1-3H3,(H,28,32)(H,29,33). The molecule has 36 heavy (non-hydrogen) atoms.